The summed E-state index contributed by atoms with van der Waals surface area (Å²) >= 11 is 0. The fourth-order valence-electron chi connectivity index (χ4n) is 7.05. The molecule has 2 saturated heterocycles. The van der Waals surface area contributed by atoms with E-state index in [4.69, 9.17) is 0 Å². The van der Waals surface area contributed by atoms with E-state index in [0.29, 0.717) is 17.2 Å². The Morgan fingerprint density at radius 1 is 0.879 bits per heavy atom. The minimum atomic E-state index is 0.0894. The van der Waals surface area contributed by atoms with Gasteiger partial charge in [-0.2, -0.15) is 0 Å². The lowest BCUT2D eigenvalue weighted by molar-refractivity contribution is -0.123. The first-order valence-electron chi connectivity index (χ1n) is 13.1. The quantitative estimate of drug-likeness (QED) is 0.770. The molecular formula is C29H37N3O. The number of carbonyl (C=O) groups is 1. The molecule has 3 heterocycles. The highest BCUT2D eigenvalue weighted by molar-refractivity contribution is 5.98. The number of nitrogens with zero attached hydrogens (tertiary/aromatic N) is 2. The summed E-state index contributed by atoms with van der Waals surface area (Å²) in [5.74, 6) is 1.06. The zero-order chi connectivity index (χ0) is 22.3. The zero-order valence-electron chi connectivity index (χ0n) is 19.8. The average molecular weight is 444 g/mol. The van der Waals surface area contributed by atoms with E-state index >= 15 is 0 Å². The van der Waals surface area contributed by atoms with Gasteiger partial charge in [-0.3, -0.25) is 4.79 Å². The molecule has 33 heavy (non-hydrogen) atoms. The third-order valence-corrected chi connectivity index (χ3v) is 9.02. The molecule has 1 atom stereocenters. The van der Waals surface area contributed by atoms with Crippen LogP contribution in [0, 0.1) is 11.8 Å². The Bertz CT molecular complexity index is 1000. The second-order valence-corrected chi connectivity index (χ2v) is 10.9. The molecule has 0 aromatic heterocycles. The Kier molecular flexibility index (Phi) is 5.75. The van der Waals surface area contributed by atoms with Crippen molar-refractivity contribution in [1.29, 1.82) is 0 Å². The van der Waals surface area contributed by atoms with Crippen molar-refractivity contribution in [3.63, 3.8) is 0 Å². The van der Waals surface area contributed by atoms with Gasteiger partial charge in [0.25, 0.3) is 0 Å². The van der Waals surface area contributed by atoms with Crippen molar-refractivity contribution < 1.29 is 4.79 Å². The minimum Gasteiger partial charge on any atom is -0.317 e. The number of para-hydroxylation sites is 1. The minimum absolute atomic E-state index is 0.0894. The summed E-state index contributed by atoms with van der Waals surface area (Å²) in [5, 5.41) is 3.46. The molecule has 3 aliphatic heterocycles. The first-order chi connectivity index (χ1) is 16.2. The maximum absolute atomic E-state index is 13.7. The Morgan fingerprint density at radius 3 is 2.42 bits per heavy atom. The normalized spacial score (nSPS) is 25.3. The molecular weight excluding hydrogens is 406 g/mol. The van der Waals surface area contributed by atoms with E-state index in [-0.39, 0.29) is 5.92 Å². The van der Waals surface area contributed by atoms with Crippen molar-refractivity contribution in [2.45, 2.75) is 50.4 Å². The summed E-state index contributed by atoms with van der Waals surface area (Å²) in [6.45, 7) is 6.19. The van der Waals surface area contributed by atoms with Gasteiger partial charge in [-0.05, 0) is 105 Å². The van der Waals surface area contributed by atoms with Crippen LogP contribution in [0.15, 0.2) is 48.5 Å². The number of rotatable bonds is 4. The maximum Gasteiger partial charge on any atom is 0.231 e. The molecule has 1 unspecified atom stereocenters. The fraction of sp³-hybridized carbons (Fsp3) is 0.552. The first kappa shape index (κ1) is 21.4. The summed E-state index contributed by atoms with van der Waals surface area (Å²) in [5.41, 5.74) is 6.09. The SMILES string of the molecule is O=C1C(CN2CCC3(CCc4ccccc43)CC2)Cc2ccccc2N1CC1CCNCC1. The van der Waals surface area contributed by atoms with Crippen LogP contribution in [-0.4, -0.2) is 50.1 Å². The van der Waals surface area contributed by atoms with Gasteiger partial charge in [0.1, 0.15) is 0 Å². The predicted octanol–water partition coefficient (Wildman–Crippen LogP) is 4.17. The maximum atomic E-state index is 13.7. The molecule has 0 saturated carbocycles. The average Bonchev–Trinajstić information content (AvgIpc) is 3.22. The Balaban J connectivity index is 1.15. The number of anilines is 1. The van der Waals surface area contributed by atoms with Gasteiger partial charge in [0.05, 0.1) is 5.92 Å². The van der Waals surface area contributed by atoms with E-state index < -0.39 is 0 Å². The van der Waals surface area contributed by atoms with Gasteiger partial charge >= 0.3 is 0 Å². The van der Waals surface area contributed by atoms with Crippen LogP contribution >= 0.6 is 0 Å². The number of hydrogen-bond donors (Lipinski definition) is 1. The molecule has 2 aromatic rings. The molecule has 2 fully saturated rings. The van der Waals surface area contributed by atoms with Crippen LogP contribution in [0.25, 0.3) is 0 Å². The van der Waals surface area contributed by atoms with Crippen molar-refractivity contribution in [2.24, 2.45) is 11.8 Å². The van der Waals surface area contributed by atoms with Crippen molar-refractivity contribution in [3.05, 3.63) is 65.2 Å². The summed E-state index contributed by atoms with van der Waals surface area (Å²) in [6.07, 6.45) is 8.25. The van der Waals surface area contributed by atoms with Crippen molar-refractivity contribution in [3.8, 4) is 0 Å². The van der Waals surface area contributed by atoms with E-state index in [0.717, 1.165) is 51.4 Å². The van der Waals surface area contributed by atoms with Gasteiger partial charge in [0.15, 0.2) is 0 Å². The number of nitrogens with one attached hydrogen (secondary N) is 1. The van der Waals surface area contributed by atoms with E-state index in [2.05, 4.69) is 63.6 Å². The molecule has 2 aromatic carbocycles. The van der Waals surface area contributed by atoms with Crippen LogP contribution in [0.3, 0.4) is 0 Å². The van der Waals surface area contributed by atoms with Crippen LogP contribution in [0.5, 0.6) is 0 Å². The number of likely N-dealkylation sites (tertiary alicyclic amines) is 1. The van der Waals surface area contributed by atoms with Crippen LogP contribution in [0.1, 0.15) is 48.8 Å². The van der Waals surface area contributed by atoms with Gasteiger partial charge in [-0.1, -0.05) is 42.5 Å². The highest BCUT2D eigenvalue weighted by Crippen LogP contribution is 2.46. The molecule has 174 valence electrons. The number of aryl methyl sites for hydroxylation is 1. The van der Waals surface area contributed by atoms with Crippen LogP contribution < -0.4 is 10.2 Å². The van der Waals surface area contributed by atoms with Crippen LogP contribution in [0.2, 0.25) is 0 Å². The molecule has 4 heteroatoms. The summed E-state index contributed by atoms with van der Waals surface area (Å²) in [4.78, 5) is 18.5. The van der Waals surface area contributed by atoms with Gasteiger partial charge in [0.2, 0.25) is 5.91 Å². The molecule has 1 aliphatic carbocycles. The number of carbonyl (C=O) groups excluding carboxylic acids is 1. The Hall–Kier alpha value is -2.17. The topological polar surface area (TPSA) is 35.6 Å². The highest BCUT2D eigenvalue weighted by atomic mass is 16.2. The van der Waals surface area contributed by atoms with E-state index in [1.165, 1.54) is 44.1 Å². The van der Waals surface area contributed by atoms with Gasteiger partial charge in [-0.25, -0.2) is 0 Å². The monoisotopic (exact) mass is 443 g/mol. The molecule has 6 rings (SSSR count). The number of fused-ring (bicyclic) bond motifs is 3. The highest BCUT2D eigenvalue weighted by Gasteiger charge is 2.42. The predicted molar refractivity (Wildman–Crippen MR) is 134 cm³/mol. The summed E-state index contributed by atoms with van der Waals surface area (Å²) in [7, 11) is 0. The third-order valence-electron chi connectivity index (χ3n) is 9.02. The smallest absolute Gasteiger partial charge is 0.231 e. The summed E-state index contributed by atoms with van der Waals surface area (Å²) < 4.78 is 0. The largest absolute Gasteiger partial charge is 0.317 e. The summed E-state index contributed by atoms with van der Waals surface area (Å²) in [6, 6.07) is 17.7. The molecule has 4 nitrogen and oxygen atoms in total. The van der Waals surface area contributed by atoms with E-state index in [9.17, 15) is 4.79 Å². The molecule has 1 spiro atoms. The lowest BCUT2D eigenvalue weighted by atomic mass is 9.73. The molecule has 1 N–H and O–H groups in total. The van der Waals surface area contributed by atoms with Crippen molar-refractivity contribution >= 4 is 11.6 Å². The lowest BCUT2D eigenvalue weighted by Gasteiger charge is -2.43. The Morgan fingerprint density at radius 2 is 1.61 bits per heavy atom. The number of hydrogen-bond acceptors (Lipinski definition) is 3. The zero-order valence-corrected chi connectivity index (χ0v) is 19.8. The standard InChI is InChI=1S/C29H37N3O/c33-28-25(19-24-6-2-4-8-27(24)32(28)20-22-10-15-30-16-11-22)21-31-17-13-29(14-18-31)12-9-23-5-1-3-7-26(23)29/h1-8,22,25,30H,9-21H2. The van der Waals surface area contributed by atoms with E-state index in [1.54, 1.807) is 11.1 Å². The van der Waals surface area contributed by atoms with Gasteiger partial charge in [-0.15, -0.1) is 0 Å². The van der Waals surface area contributed by atoms with Crippen LogP contribution in [0.4, 0.5) is 5.69 Å². The van der Waals surface area contributed by atoms with E-state index in [1.807, 2.05) is 0 Å². The van der Waals surface area contributed by atoms with Crippen LogP contribution in [-0.2, 0) is 23.1 Å². The molecule has 1 amide bonds. The lowest BCUT2D eigenvalue weighted by Crippen LogP contribution is -2.50. The Labute approximate surface area is 198 Å². The molecule has 4 aliphatic rings. The fourth-order valence-corrected chi connectivity index (χ4v) is 7.05. The first-order valence-corrected chi connectivity index (χ1v) is 13.1. The second kappa shape index (κ2) is 8.88. The van der Waals surface area contributed by atoms with Crippen molar-refractivity contribution in [1.82, 2.24) is 10.2 Å². The van der Waals surface area contributed by atoms with Gasteiger partial charge in [0, 0.05) is 18.8 Å². The number of amides is 1. The second-order valence-electron chi connectivity index (χ2n) is 10.9. The van der Waals surface area contributed by atoms with Crippen molar-refractivity contribution in [2.75, 3.05) is 44.2 Å². The third kappa shape index (κ3) is 4.02. The number of benzene rings is 2. The molecule has 0 radical (unpaired) electrons. The number of piperidine rings is 2. The van der Waals surface area contributed by atoms with Gasteiger partial charge < -0.3 is 15.1 Å². The molecule has 0 bridgehead atoms.